The van der Waals surface area contributed by atoms with E-state index in [2.05, 4.69) is 24.5 Å². The summed E-state index contributed by atoms with van der Waals surface area (Å²) >= 11 is 0. The van der Waals surface area contributed by atoms with Gasteiger partial charge in [0, 0.05) is 12.1 Å². The van der Waals surface area contributed by atoms with Crippen LogP contribution in [0.5, 0.6) is 0 Å². The van der Waals surface area contributed by atoms with E-state index in [1.54, 1.807) is 0 Å². The summed E-state index contributed by atoms with van der Waals surface area (Å²) in [5.41, 5.74) is 0. The summed E-state index contributed by atoms with van der Waals surface area (Å²) in [5.74, 6) is 0. The molecule has 0 saturated heterocycles. The normalized spacial score (nSPS) is 15.0. The van der Waals surface area contributed by atoms with Crippen LogP contribution in [0, 0.1) is 0 Å². The molecule has 0 aromatic carbocycles. The lowest BCUT2D eigenvalue weighted by Gasteiger charge is -2.10. The van der Waals surface area contributed by atoms with E-state index in [-0.39, 0.29) is 0 Å². The number of unbranched alkanes of at least 4 members (excludes halogenated alkanes) is 5. The van der Waals surface area contributed by atoms with Crippen molar-refractivity contribution >= 4 is 0 Å². The van der Waals surface area contributed by atoms with E-state index >= 15 is 0 Å². The first-order chi connectivity index (χ1) is 7.70. The van der Waals surface area contributed by atoms with Crippen molar-refractivity contribution in [3.05, 3.63) is 0 Å². The molecule has 0 spiro atoms. The first kappa shape index (κ1) is 15.9. The van der Waals surface area contributed by atoms with Gasteiger partial charge in [-0.05, 0) is 40.8 Å². The maximum absolute atomic E-state index is 3.29. The van der Waals surface area contributed by atoms with E-state index < -0.39 is 0 Å². The molecule has 0 bridgehead atoms. The molecule has 2 nitrogen and oxygen atoms in total. The van der Waals surface area contributed by atoms with Crippen LogP contribution in [0.15, 0.2) is 0 Å². The van der Waals surface area contributed by atoms with Crippen LogP contribution < -0.4 is 10.6 Å². The van der Waals surface area contributed by atoms with E-state index in [0.717, 1.165) is 0 Å². The highest BCUT2D eigenvalue weighted by Gasteiger charge is 1.99. The maximum atomic E-state index is 3.29. The van der Waals surface area contributed by atoms with Crippen LogP contribution >= 0.6 is 0 Å². The lowest BCUT2D eigenvalue weighted by molar-refractivity contribution is 0.488. The Balaban J connectivity index is 3.04. The Morgan fingerprint density at radius 3 is 1.25 bits per heavy atom. The molecule has 98 valence electrons. The third-order valence-electron chi connectivity index (χ3n) is 3.51. The number of nitrogens with one attached hydrogen (secondary N) is 2. The second kappa shape index (κ2) is 11.4. The Labute approximate surface area is 103 Å². The van der Waals surface area contributed by atoms with Crippen LogP contribution in [0.4, 0.5) is 0 Å². The zero-order valence-electron chi connectivity index (χ0n) is 11.8. The van der Waals surface area contributed by atoms with Gasteiger partial charge >= 0.3 is 0 Å². The van der Waals surface area contributed by atoms with E-state index in [0.29, 0.717) is 12.1 Å². The Kier molecular flexibility index (Phi) is 11.3. The monoisotopic (exact) mass is 228 g/mol. The third-order valence-corrected chi connectivity index (χ3v) is 3.51. The van der Waals surface area contributed by atoms with Crippen molar-refractivity contribution in [3.8, 4) is 0 Å². The summed E-state index contributed by atoms with van der Waals surface area (Å²) in [6.45, 7) is 4.53. The number of rotatable bonds is 11. The molecule has 0 saturated carbocycles. The summed E-state index contributed by atoms with van der Waals surface area (Å²) in [6, 6.07) is 1.38. The summed E-state index contributed by atoms with van der Waals surface area (Å²) in [7, 11) is 4.10. The SMILES string of the molecule is CNC(C)CCCCCCCCC(C)NC. The van der Waals surface area contributed by atoms with E-state index in [4.69, 9.17) is 0 Å². The minimum absolute atomic E-state index is 0.691. The molecule has 2 atom stereocenters. The molecule has 0 aliphatic rings. The molecule has 0 fully saturated rings. The lowest BCUT2D eigenvalue weighted by atomic mass is 10.0. The molecular formula is C14H32N2. The molecule has 2 heteroatoms. The fraction of sp³-hybridized carbons (Fsp3) is 1.00. The summed E-state index contributed by atoms with van der Waals surface area (Å²) in [4.78, 5) is 0. The molecule has 0 radical (unpaired) electrons. The minimum atomic E-state index is 0.691. The largest absolute Gasteiger partial charge is 0.317 e. The Bertz CT molecular complexity index is 121. The molecule has 0 heterocycles. The molecule has 0 rings (SSSR count). The maximum Gasteiger partial charge on any atom is 0.00357 e. The molecule has 0 aromatic rings. The van der Waals surface area contributed by atoms with Crippen LogP contribution in [0.25, 0.3) is 0 Å². The average molecular weight is 228 g/mol. The topological polar surface area (TPSA) is 24.1 Å². The third kappa shape index (κ3) is 10.4. The van der Waals surface area contributed by atoms with Gasteiger partial charge in [0.05, 0.1) is 0 Å². The molecular weight excluding hydrogens is 196 g/mol. The minimum Gasteiger partial charge on any atom is -0.317 e. The van der Waals surface area contributed by atoms with Crippen molar-refractivity contribution in [1.82, 2.24) is 10.6 Å². The van der Waals surface area contributed by atoms with Gasteiger partial charge in [-0.2, -0.15) is 0 Å². The highest BCUT2D eigenvalue weighted by Crippen LogP contribution is 2.10. The van der Waals surface area contributed by atoms with Crippen LogP contribution in [-0.4, -0.2) is 26.2 Å². The quantitative estimate of drug-likeness (QED) is 0.530. The molecule has 0 aliphatic carbocycles. The molecule has 0 amide bonds. The molecule has 0 aliphatic heterocycles. The van der Waals surface area contributed by atoms with E-state index in [1.165, 1.54) is 51.4 Å². The fourth-order valence-corrected chi connectivity index (χ4v) is 1.90. The Morgan fingerprint density at radius 2 is 0.938 bits per heavy atom. The van der Waals surface area contributed by atoms with Gasteiger partial charge in [-0.3, -0.25) is 0 Å². The summed E-state index contributed by atoms with van der Waals surface area (Å²) in [5, 5.41) is 6.58. The van der Waals surface area contributed by atoms with Crippen LogP contribution in [0.3, 0.4) is 0 Å². The first-order valence-electron chi connectivity index (χ1n) is 7.05. The average Bonchev–Trinajstić information content (AvgIpc) is 2.31. The van der Waals surface area contributed by atoms with E-state index in [9.17, 15) is 0 Å². The highest BCUT2D eigenvalue weighted by atomic mass is 14.8. The Morgan fingerprint density at radius 1 is 0.625 bits per heavy atom. The van der Waals surface area contributed by atoms with Gasteiger partial charge in [-0.15, -0.1) is 0 Å². The predicted molar refractivity (Wildman–Crippen MR) is 74.0 cm³/mol. The molecule has 2 unspecified atom stereocenters. The van der Waals surface area contributed by atoms with Crippen LogP contribution in [-0.2, 0) is 0 Å². The second-order valence-corrected chi connectivity index (χ2v) is 5.08. The highest BCUT2D eigenvalue weighted by molar-refractivity contribution is 4.58. The Hall–Kier alpha value is -0.0800. The van der Waals surface area contributed by atoms with E-state index in [1.807, 2.05) is 14.1 Å². The second-order valence-electron chi connectivity index (χ2n) is 5.08. The van der Waals surface area contributed by atoms with Crippen molar-refractivity contribution in [3.63, 3.8) is 0 Å². The number of hydrogen-bond acceptors (Lipinski definition) is 2. The van der Waals surface area contributed by atoms with Crippen molar-refractivity contribution in [1.29, 1.82) is 0 Å². The molecule has 2 N–H and O–H groups in total. The summed E-state index contributed by atoms with van der Waals surface area (Å²) in [6.07, 6.45) is 11.1. The molecule has 16 heavy (non-hydrogen) atoms. The van der Waals surface area contributed by atoms with Gasteiger partial charge in [-0.1, -0.05) is 38.5 Å². The van der Waals surface area contributed by atoms with Gasteiger partial charge in [0.1, 0.15) is 0 Å². The zero-order valence-corrected chi connectivity index (χ0v) is 11.8. The van der Waals surface area contributed by atoms with Gasteiger partial charge < -0.3 is 10.6 Å². The van der Waals surface area contributed by atoms with Crippen molar-refractivity contribution in [2.75, 3.05) is 14.1 Å². The van der Waals surface area contributed by atoms with Gasteiger partial charge in [-0.25, -0.2) is 0 Å². The zero-order chi connectivity index (χ0) is 12.2. The predicted octanol–water partition coefficient (Wildman–Crippen LogP) is 3.32. The van der Waals surface area contributed by atoms with Gasteiger partial charge in [0.25, 0.3) is 0 Å². The van der Waals surface area contributed by atoms with Crippen molar-refractivity contribution in [2.24, 2.45) is 0 Å². The first-order valence-corrected chi connectivity index (χ1v) is 7.05. The van der Waals surface area contributed by atoms with Crippen molar-refractivity contribution < 1.29 is 0 Å². The lowest BCUT2D eigenvalue weighted by Crippen LogP contribution is -2.20. The summed E-state index contributed by atoms with van der Waals surface area (Å²) < 4.78 is 0. The standard InChI is InChI=1S/C14H32N2/c1-13(15-3)11-9-7-5-6-8-10-12-14(2)16-4/h13-16H,5-12H2,1-4H3. The fourth-order valence-electron chi connectivity index (χ4n) is 1.90. The number of hydrogen-bond donors (Lipinski definition) is 2. The van der Waals surface area contributed by atoms with Gasteiger partial charge in [0.15, 0.2) is 0 Å². The molecule has 0 aromatic heterocycles. The van der Waals surface area contributed by atoms with Crippen LogP contribution in [0.1, 0.15) is 65.2 Å². The van der Waals surface area contributed by atoms with Crippen molar-refractivity contribution in [2.45, 2.75) is 77.3 Å². The van der Waals surface area contributed by atoms with Gasteiger partial charge in [0.2, 0.25) is 0 Å². The van der Waals surface area contributed by atoms with Crippen LogP contribution in [0.2, 0.25) is 0 Å². The smallest absolute Gasteiger partial charge is 0.00357 e.